The molecular formula is C16H25N3O3. The maximum Gasteiger partial charge on any atom is 0.221 e. The first-order valence-corrected chi connectivity index (χ1v) is 7.62. The normalized spacial score (nSPS) is 18.0. The van der Waals surface area contributed by atoms with Gasteiger partial charge in [-0.2, -0.15) is 0 Å². The van der Waals surface area contributed by atoms with Crippen molar-refractivity contribution in [2.75, 3.05) is 51.7 Å². The monoisotopic (exact) mass is 307 g/mol. The summed E-state index contributed by atoms with van der Waals surface area (Å²) < 4.78 is 5.59. The molecule has 0 bridgehead atoms. The summed E-state index contributed by atoms with van der Waals surface area (Å²) in [6.45, 7) is 6.43. The quantitative estimate of drug-likeness (QED) is 0.807. The van der Waals surface area contributed by atoms with Crippen LogP contribution in [0.5, 0.6) is 5.75 Å². The Morgan fingerprint density at radius 2 is 1.91 bits per heavy atom. The second kappa shape index (κ2) is 8.12. The van der Waals surface area contributed by atoms with E-state index in [2.05, 4.69) is 22.2 Å². The molecule has 0 radical (unpaired) electrons. The predicted molar refractivity (Wildman–Crippen MR) is 86.2 cm³/mol. The minimum absolute atomic E-state index is 0.101. The van der Waals surface area contributed by atoms with Crippen LogP contribution in [0.2, 0.25) is 0 Å². The summed E-state index contributed by atoms with van der Waals surface area (Å²) in [5.74, 6) is 0.586. The molecule has 22 heavy (non-hydrogen) atoms. The van der Waals surface area contributed by atoms with Gasteiger partial charge in [0.15, 0.2) is 0 Å². The van der Waals surface area contributed by atoms with Crippen molar-refractivity contribution in [3.8, 4) is 5.75 Å². The maximum atomic E-state index is 10.9. The number of rotatable bonds is 6. The van der Waals surface area contributed by atoms with Gasteiger partial charge in [0.2, 0.25) is 5.91 Å². The third kappa shape index (κ3) is 5.63. The van der Waals surface area contributed by atoms with E-state index in [-0.39, 0.29) is 12.5 Å². The highest BCUT2D eigenvalue weighted by molar-refractivity contribution is 5.88. The van der Waals surface area contributed by atoms with Crippen molar-refractivity contribution in [2.24, 2.45) is 0 Å². The SMILES string of the molecule is CC(=O)Nc1ccc(OC[C@@H](O)CN2CCN(C)CC2)cc1. The molecular weight excluding hydrogens is 282 g/mol. The molecule has 1 aliphatic rings. The first-order valence-electron chi connectivity index (χ1n) is 7.62. The van der Waals surface area contributed by atoms with Crippen LogP contribution in [0, 0.1) is 0 Å². The van der Waals surface area contributed by atoms with E-state index in [4.69, 9.17) is 4.74 Å². The van der Waals surface area contributed by atoms with Crippen molar-refractivity contribution in [1.82, 2.24) is 9.80 Å². The Morgan fingerprint density at radius 3 is 2.50 bits per heavy atom. The van der Waals surface area contributed by atoms with Crippen LogP contribution in [0.4, 0.5) is 5.69 Å². The first-order chi connectivity index (χ1) is 10.5. The molecule has 0 saturated carbocycles. The number of aliphatic hydroxyl groups excluding tert-OH is 1. The van der Waals surface area contributed by atoms with Crippen LogP contribution < -0.4 is 10.1 Å². The van der Waals surface area contributed by atoms with Crippen LogP contribution in [0.15, 0.2) is 24.3 Å². The number of carbonyl (C=O) groups excluding carboxylic acids is 1. The van der Waals surface area contributed by atoms with Gasteiger partial charge in [0, 0.05) is 45.3 Å². The Kier molecular flexibility index (Phi) is 6.18. The van der Waals surface area contributed by atoms with E-state index in [1.165, 1.54) is 6.92 Å². The number of likely N-dealkylation sites (N-methyl/N-ethyl adjacent to an activating group) is 1. The van der Waals surface area contributed by atoms with Gasteiger partial charge in [-0.25, -0.2) is 0 Å². The van der Waals surface area contributed by atoms with E-state index >= 15 is 0 Å². The van der Waals surface area contributed by atoms with Crippen LogP contribution >= 0.6 is 0 Å². The largest absolute Gasteiger partial charge is 0.491 e. The molecule has 6 nitrogen and oxygen atoms in total. The molecule has 1 aromatic carbocycles. The number of ether oxygens (including phenoxy) is 1. The Morgan fingerprint density at radius 1 is 1.27 bits per heavy atom. The highest BCUT2D eigenvalue weighted by Crippen LogP contribution is 2.16. The summed E-state index contributed by atoms with van der Waals surface area (Å²) in [7, 11) is 2.11. The molecule has 1 aliphatic heterocycles. The van der Waals surface area contributed by atoms with Crippen molar-refractivity contribution in [3.63, 3.8) is 0 Å². The zero-order valence-corrected chi connectivity index (χ0v) is 13.3. The molecule has 2 rings (SSSR count). The van der Waals surface area contributed by atoms with Gasteiger partial charge in [0.25, 0.3) is 0 Å². The van der Waals surface area contributed by atoms with Crippen LogP contribution in [-0.2, 0) is 4.79 Å². The zero-order chi connectivity index (χ0) is 15.9. The predicted octanol–water partition coefficient (Wildman–Crippen LogP) is 0.632. The third-order valence-corrected chi connectivity index (χ3v) is 3.68. The Balaban J connectivity index is 1.71. The van der Waals surface area contributed by atoms with Crippen molar-refractivity contribution < 1.29 is 14.6 Å². The number of hydrogen-bond donors (Lipinski definition) is 2. The topological polar surface area (TPSA) is 65.0 Å². The number of amides is 1. The lowest BCUT2D eigenvalue weighted by Gasteiger charge is -2.33. The first kappa shape index (κ1) is 16.7. The van der Waals surface area contributed by atoms with Gasteiger partial charge >= 0.3 is 0 Å². The fraction of sp³-hybridized carbons (Fsp3) is 0.562. The smallest absolute Gasteiger partial charge is 0.221 e. The summed E-state index contributed by atoms with van der Waals surface area (Å²) in [5.41, 5.74) is 0.734. The number of carbonyl (C=O) groups is 1. The summed E-state index contributed by atoms with van der Waals surface area (Å²) >= 11 is 0. The van der Waals surface area contributed by atoms with Gasteiger partial charge in [0.1, 0.15) is 18.5 Å². The fourth-order valence-corrected chi connectivity index (χ4v) is 2.41. The molecule has 1 fully saturated rings. The van der Waals surface area contributed by atoms with E-state index in [1.54, 1.807) is 24.3 Å². The van der Waals surface area contributed by atoms with E-state index in [0.29, 0.717) is 12.3 Å². The van der Waals surface area contributed by atoms with E-state index < -0.39 is 6.10 Å². The lowest BCUT2D eigenvalue weighted by Crippen LogP contribution is -2.47. The Labute approximate surface area is 131 Å². The lowest BCUT2D eigenvalue weighted by atomic mass is 10.2. The lowest BCUT2D eigenvalue weighted by molar-refractivity contribution is -0.114. The summed E-state index contributed by atoms with van der Waals surface area (Å²) in [4.78, 5) is 15.5. The van der Waals surface area contributed by atoms with Gasteiger partial charge in [-0.3, -0.25) is 9.69 Å². The second-order valence-electron chi connectivity index (χ2n) is 5.77. The van der Waals surface area contributed by atoms with Crippen molar-refractivity contribution in [3.05, 3.63) is 24.3 Å². The highest BCUT2D eigenvalue weighted by Gasteiger charge is 2.17. The minimum atomic E-state index is -0.501. The molecule has 122 valence electrons. The molecule has 0 spiro atoms. The molecule has 6 heteroatoms. The second-order valence-corrected chi connectivity index (χ2v) is 5.77. The van der Waals surface area contributed by atoms with E-state index in [1.807, 2.05) is 0 Å². The summed E-state index contributed by atoms with van der Waals surface area (Å²) in [6, 6.07) is 7.13. The fourth-order valence-electron chi connectivity index (χ4n) is 2.41. The molecule has 0 aromatic heterocycles. The van der Waals surface area contributed by atoms with Crippen LogP contribution in [0.3, 0.4) is 0 Å². The standard InChI is InChI=1S/C16H25N3O3/c1-13(20)17-14-3-5-16(6-4-14)22-12-15(21)11-19-9-7-18(2)8-10-19/h3-6,15,21H,7-12H2,1-2H3,(H,17,20)/t15-/m0/s1. The maximum absolute atomic E-state index is 10.9. The average Bonchev–Trinajstić information content (AvgIpc) is 2.48. The number of anilines is 1. The molecule has 1 aromatic rings. The van der Waals surface area contributed by atoms with Crippen LogP contribution in [0.1, 0.15) is 6.92 Å². The average molecular weight is 307 g/mol. The number of aliphatic hydroxyl groups is 1. The Bertz CT molecular complexity index is 470. The molecule has 1 heterocycles. The highest BCUT2D eigenvalue weighted by atomic mass is 16.5. The zero-order valence-electron chi connectivity index (χ0n) is 13.3. The number of nitrogens with one attached hydrogen (secondary N) is 1. The van der Waals surface area contributed by atoms with Gasteiger partial charge in [-0.1, -0.05) is 0 Å². The number of nitrogens with zero attached hydrogens (tertiary/aromatic N) is 2. The summed E-state index contributed by atoms with van der Waals surface area (Å²) in [5, 5.41) is 12.8. The third-order valence-electron chi connectivity index (χ3n) is 3.68. The number of hydrogen-bond acceptors (Lipinski definition) is 5. The number of β-amino-alcohol motifs (C(OH)–C–C–N with tert-alkyl or cyclic N) is 1. The molecule has 0 aliphatic carbocycles. The molecule has 1 atom stereocenters. The van der Waals surface area contributed by atoms with Crippen LogP contribution in [0.25, 0.3) is 0 Å². The van der Waals surface area contributed by atoms with Gasteiger partial charge in [-0.15, -0.1) is 0 Å². The van der Waals surface area contributed by atoms with Gasteiger partial charge in [-0.05, 0) is 31.3 Å². The van der Waals surface area contributed by atoms with Crippen molar-refractivity contribution >= 4 is 11.6 Å². The van der Waals surface area contributed by atoms with Gasteiger partial charge in [0.05, 0.1) is 0 Å². The van der Waals surface area contributed by atoms with Crippen molar-refractivity contribution in [1.29, 1.82) is 0 Å². The van der Waals surface area contributed by atoms with Crippen LogP contribution in [-0.4, -0.2) is 73.3 Å². The minimum Gasteiger partial charge on any atom is -0.491 e. The molecule has 1 saturated heterocycles. The van der Waals surface area contributed by atoms with E-state index in [9.17, 15) is 9.90 Å². The molecule has 2 N–H and O–H groups in total. The van der Waals surface area contributed by atoms with Crippen molar-refractivity contribution in [2.45, 2.75) is 13.0 Å². The van der Waals surface area contributed by atoms with Gasteiger partial charge < -0.3 is 20.1 Å². The van der Waals surface area contributed by atoms with E-state index in [0.717, 1.165) is 31.9 Å². The Hall–Kier alpha value is -1.63. The number of piperazine rings is 1. The summed E-state index contributed by atoms with van der Waals surface area (Å²) in [6.07, 6.45) is -0.501. The molecule has 0 unspecified atom stereocenters. The number of benzene rings is 1. The molecule has 1 amide bonds.